The number of nitrogens with zero attached hydrogens (tertiary/aromatic N) is 1. The fourth-order valence-electron chi connectivity index (χ4n) is 11.3. The second-order valence-electron chi connectivity index (χ2n) is 27.0. The molecular formula is C78H147NO8P+. The number of phosphoric ester groups is 1. The fourth-order valence-corrected chi connectivity index (χ4v) is 12.0. The molecule has 0 heterocycles. The smallest absolute Gasteiger partial charge is 0.462 e. The molecule has 2 unspecified atom stereocenters. The van der Waals surface area contributed by atoms with Crippen molar-refractivity contribution in [3.8, 4) is 0 Å². The van der Waals surface area contributed by atoms with Gasteiger partial charge >= 0.3 is 19.8 Å². The fraction of sp³-hybridized carbons (Fsp3) is 0.846. The SMILES string of the molecule is CC/C=C\C/C=C\C/C=C\C/C=C\C/C=C\CCCCCCCCCCCC(=O)OC(COC(=O)CCCCCCCCCCCCCCCCCCCCCCCCCCCCCCCCCCCCCCCCC)COP(=O)(O)OCC[N+](C)(C)C. The van der Waals surface area contributed by atoms with Crippen LogP contribution in [0.15, 0.2) is 60.8 Å². The van der Waals surface area contributed by atoms with Gasteiger partial charge in [-0.15, -0.1) is 0 Å². The number of hydrogen-bond acceptors (Lipinski definition) is 7. The summed E-state index contributed by atoms with van der Waals surface area (Å²) >= 11 is 0. The third-order valence-corrected chi connectivity index (χ3v) is 18.0. The van der Waals surface area contributed by atoms with Crippen LogP contribution in [0.4, 0.5) is 0 Å². The van der Waals surface area contributed by atoms with Crippen LogP contribution in [-0.4, -0.2) is 74.9 Å². The summed E-state index contributed by atoms with van der Waals surface area (Å²) in [5.41, 5.74) is 0. The zero-order valence-corrected chi connectivity index (χ0v) is 59.9. The van der Waals surface area contributed by atoms with Crippen LogP contribution in [0, 0.1) is 0 Å². The summed E-state index contributed by atoms with van der Waals surface area (Å²) in [6, 6.07) is 0. The van der Waals surface area contributed by atoms with E-state index in [2.05, 4.69) is 74.6 Å². The number of esters is 2. The first-order valence-electron chi connectivity index (χ1n) is 38.0. The molecule has 0 rings (SSSR count). The summed E-state index contributed by atoms with van der Waals surface area (Å²) in [5, 5.41) is 0. The van der Waals surface area contributed by atoms with Crippen LogP contribution >= 0.6 is 7.82 Å². The number of allylic oxidation sites excluding steroid dienone is 10. The van der Waals surface area contributed by atoms with Gasteiger partial charge in [-0.2, -0.15) is 0 Å². The molecule has 0 amide bonds. The summed E-state index contributed by atoms with van der Waals surface area (Å²) in [5.74, 6) is -0.790. The molecule has 0 aromatic rings. The highest BCUT2D eigenvalue weighted by atomic mass is 31.2. The molecule has 0 aromatic carbocycles. The van der Waals surface area contributed by atoms with Gasteiger partial charge in [0.25, 0.3) is 0 Å². The van der Waals surface area contributed by atoms with Crippen molar-refractivity contribution in [3.05, 3.63) is 60.8 Å². The van der Waals surface area contributed by atoms with E-state index in [0.717, 1.165) is 77.0 Å². The zero-order valence-electron chi connectivity index (χ0n) is 59.0. The Morgan fingerprint density at radius 2 is 0.648 bits per heavy atom. The highest BCUT2D eigenvalue weighted by molar-refractivity contribution is 7.47. The van der Waals surface area contributed by atoms with E-state index in [1.165, 1.54) is 263 Å². The number of ether oxygens (including phenoxy) is 2. The van der Waals surface area contributed by atoms with E-state index in [1.54, 1.807) is 0 Å². The number of carbonyl (C=O) groups excluding carboxylic acids is 2. The first-order chi connectivity index (χ1) is 43.0. The van der Waals surface area contributed by atoms with E-state index in [0.29, 0.717) is 23.9 Å². The Labute approximate surface area is 546 Å². The molecular weight excluding hydrogens is 1110 g/mol. The summed E-state index contributed by atoms with van der Waals surface area (Å²) in [4.78, 5) is 35.9. The Kier molecular flexibility index (Phi) is 67.3. The highest BCUT2D eigenvalue weighted by Crippen LogP contribution is 2.43. The Balaban J connectivity index is 3.91. The molecule has 10 heteroatoms. The van der Waals surface area contributed by atoms with E-state index in [1.807, 2.05) is 21.1 Å². The summed E-state index contributed by atoms with van der Waals surface area (Å²) in [7, 11) is 1.48. The predicted octanol–water partition coefficient (Wildman–Crippen LogP) is 24.9. The molecule has 0 saturated carbocycles. The van der Waals surface area contributed by atoms with Gasteiger partial charge in [-0.3, -0.25) is 18.6 Å². The molecule has 516 valence electrons. The van der Waals surface area contributed by atoms with Gasteiger partial charge in [-0.1, -0.05) is 364 Å². The third kappa shape index (κ3) is 72.8. The second kappa shape index (κ2) is 69.1. The molecule has 0 spiro atoms. The van der Waals surface area contributed by atoms with Gasteiger partial charge in [0.05, 0.1) is 27.7 Å². The van der Waals surface area contributed by atoms with Crippen molar-refractivity contribution in [2.45, 2.75) is 380 Å². The molecule has 0 aliphatic rings. The third-order valence-electron chi connectivity index (χ3n) is 17.1. The van der Waals surface area contributed by atoms with Gasteiger partial charge in [0.2, 0.25) is 0 Å². The van der Waals surface area contributed by atoms with Gasteiger partial charge in [0, 0.05) is 12.8 Å². The maximum absolute atomic E-state index is 12.9. The molecule has 88 heavy (non-hydrogen) atoms. The number of unbranched alkanes of at least 4 members (excludes halogenated alkanes) is 47. The van der Waals surface area contributed by atoms with Gasteiger partial charge in [-0.05, 0) is 57.8 Å². The number of rotatable bonds is 71. The van der Waals surface area contributed by atoms with Crippen LogP contribution in [0.2, 0.25) is 0 Å². The van der Waals surface area contributed by atoms with Crippen LogP contribution < -0.4 is 0 Å². The van der Waals surface area contributed by atoms with Gasteiger partial charge < -0.3 is 18.9 Å². The zero-order chi connectivity index (χ0) is 64.1. The van der Waals surface area contributed by atoms with Gasteiger partial charge in [-0.25, -0.2) is 4.57 Å². The number of hydrogen-bond donors (Lipinski definition) is 1. The minimum Gasteiger partial charge on any atom is -0.462 e. The lowest BCUT2D eigenvalue weighted by molar-refractivity contribution is -0.870. The highest BCUT2D eigenvalue weighted by Gasteiger charge is 2.27. The molecule has 0 bridgehead atoms. The van der Waals surface area contributed by atoms with Crippen molar-refractivity contribution in [3.63, 3.8) is 0 Å². The first kappa shape index (κ1) is 85.7. The number of likely N-dealkylation sites (N-methyl/N-ethyl adjacent to an activating group) is 1. The molecule has 0 aliphatic carbocycles. The molecule has 0 fully saturated rings. The largest absolute Gasteiger partial charge is 0.472 e. The van der Waals surface area contributed by atoms with Crippen molar-refractivity contribution in [1.29, 1.82) is 0 Å². The molecule has 0 radical (unpaired) electrons. The lowest BCUT2D eigenvalue weighted by atomic mass is 10.0. The normalized spacial score (nSPS) is 13.4. The maximum Gasteiger partial charge on any atom is 0.472 e. The standard InChI is InChI=1S/C78H146NO8P/c1-6-8-10-12-14-16-18-20-22-24-26-28-30-32-33-34-35-36-37-38-39-40-41-42-43-44-45-47-48-50-52-54-56-58-60-62-64-66-68-70-77(80)84-74-76(75-86-88(82,83)85-73-72-79(3,4)5)87-78(81)71-69-67-65-63-61-59-57-55-53-51-49-46-31-29-27-25-23-21-19-17-15-13-11-9-7-2/h9,11,15,17,21,23,27,29,46,49,76H,6-8,10,12-14,16,18-20,22,24-26,28,30-45,47-48,50-75H2,1-5H3/p+1/b11-9-,17-15-,23-21-,29-27-,49-46-. The van der Waals surface area contributed by atoms with E-state index in [9.17, 15) is 19.0 Å². The molecule has 1 N–H and O–H groups in total. The second-order valence-corrected chi connectivity index (χ2v) is 28.5. The van der Waals surface area contributed by atoms with E-state index >= 15 is 0 Å². The molecule has 0 aromatic heterocycles. The lowest BCUT2D eigenvalue weighted by Crippen LogP contribution is -2.37. The minimum atomic E-state index is -4.40. The Bertz CT molecular complexity index is 1670. The van der Waals surface area contributed by atoms with E-state index < -0.39 is 26.5 Å². The number of phosphoric acid groups is 1. The molecule has 0 aliphatic heterocycles. The van der Waals surface area contributed by atoms with Crippen molar-refractivity contribution in [1.82, 2.24) is 0 Å². The summed E-state index contributed by atoms with van der Waals surface area (Å²) in [6.45, 7) is 4.37. The van der Waals surface area contributed by atoms with E-state index in [4.69, 9.17) is 18.5 Å². The topological polar surface area (TPSA) is 108 Å². The van der Waals surface area contributed by atoms with Crippen LogP contribution in [-0.2, 0) is 32.7 Å². The predicted molar refractivity (Wildman–Crippen MR) is 381 cm³/mol. The lowest BCUT2D eigenvalue weighted by Gasteiger charge is -2.24. The van der Waals surface area contributed by atoms with Crippen molar-refractivity contribution >= 4 is 19.8 Å². The van der Waals surface area contributed by atoms with E-state index in [-0.39, 0.29) is 25.6 Å². The van der Waals surface area contributed by atoms with Crippen LogP contribution in [0.1, 0.15) is 373 Å². The van der Waals surface area contributed by atoms with Crippen LogP contribution in [0.3, 0.4) is 0 Å². The number of carbonyl (C=O) groups is 2. The molecule has 9 nitrogen and oxygen atoms in total. The monoisotopic (exact) mass is 1260 g/mol. The van der Waals surface area contributed by atoms with Crippen molar-refractivity contribution in [2.24, 2.45) is 0 Å². The minimum absolute atomic E-state index is 0.0301. The van der Waals surface area contributed by atoms with Crippen molar-refractivity contribution < 1.29 is 42.1 Å². The van der Waals surface area contributed by atoms with Gasteiger partial charge in [0.15, 0.2) is 6.10 Å². The van der Waals surface area contributed by atoms with Gasteiger partial charge in [0.1, 0.15) is 19.8 Å². The summed E-state index contributed by atoms with van der Waals surface area (Å²) in [6.07, 6.45) is 92.3. The quantitative estimate of drug-likeness (QED) is 0.0211. The average Bonchev–Trinajstić information content (AvgIpc) is 3.57. The average molecular weight is 1260 g/mol. The molecule has 2 atom stereocenters. The summed E-state index contributed by atoms with van der Waals surface area (Å²) < 4.78 is 34.8. The Morgan fingerprint density at radius 3 is 0.966 bits per heavy atom. The maximum atomic E-state index is 12.9. The van der Waals surface area contributed by atoms with Crippen LogP contribution in [0.5, 0.6) is 0 Å². The first-order valence-corrected chi connectivity index (χ1v) is 39.5. The van der Waals surface area contributed by atoms with Crippen LogP contribution in [0.25, 0.3) is 0 Å². The number of quaternary nitrogens is 1. The van der Waals surface area contributed by atoms with Crippen molar-refractivity contribution in [2.75, 3.05) is 47.5 Å². The molecule has 0 saturated heterocycles. The Hall–Kier alpha value is -2.29. The Morgan fingerprint density at radius 1 is 0.364 bits per heavy atom.